The lowest BCUT2D eigenvalue weighted by Gasteiger charge is -2.07. The number of aryl methyl sites for hydroxylation is 2. The van der Waals surface area contributed by atoms with E-state index in [0.29, 0.717) is 12.5 Å². The smallest absolute Gasteiger partial charge is 0.319 e. The van der Waals surface area contributed by atoms with Gasteiger partial charge in [-0.2, -0.15) is 4.98 Å². The quantitative estimate of drug-likeness (QED) is 0.820. The number of aromatic nitrogens is 4. The molecule has 0 spiro atoms. The van der Waals surface area contributed by atoms with Gasteiger partial charge in [0.15, 0.2) is 0 Å². The van der Waals surface area contributed by atoms with E-state index < -0.39 is 0 Å². The summed E-state index contributed by atoms with van der Waals surface area (Å²) < 4.78 is 11.9. The van der Waals surface area contributed by atoms with E-state index in [-0.39, 0.29) is 17.4 Å². The van der Waals surface area contributed by atoms with E-state index in [1.54, 1.807) is 13.1 Å². The van der Waals surface area contributed by atoms with Crippen molar-refractivity contribution in [2.75, 3.05) is 6.61 Å². The predicted molar refractivity (Wildman–Crippen MR) is 67.5 cm³/mol. The SMILES string of the molecule is CCOc1nc(C)cc(Oc2ccc(=O)n(C)n2)n1. The summed E-state index contributed by atoms with van der Waals surface area (Å²) in [6, 6.07) is 4.78. The van der Waals surface area contributed by atoms with E-state index in [0.717, 1.165) is 5.69 Å². The highest BCUT2D eigenvalue weighted by molar-refractivity contribution is 5.22. The largest absolute Gasteiger partial charge is 0.464 e. The molecule has 100 valence electrons. The van der Waals surface area contributed by atoms with Gasteiger partial charge in [0, 0.05) is 30.9 Å². The van der Waals surface area contributed by atoms with Gasteiger partial charge in [0.05, 0.1) is 6.61 Å². The van der Waals surface area contributed by atoms with Gasteiger partial charge < -0.3 is 9.47 Å². The Hall–Kier alpha value is -2.44. The van der Waals surface area contributed by atoms with Gasteiger partial charge in [0.25, 0.3) is 5.56 Å². The van der Waals surface area contributed by atoms with Gasteiger partial charge in [-0.05, 0) is 13.8 Å². The second-order valence-corrected chi connectivity index (χ2v) is 3.80. The maximum Gasteiger partial charge on any atom is 0.319 e. The molecule has 0 amide bonds. The third-order valence-electron chi connectivity index (χ3n) is 2.23. The first-order chi connectivity index (χ1) is 9.08. The number of hydrogen-bond donors (Lipinski definition) is 0. The van der Waals surface area contributed by atoms with Crippen LogP contribution in [0.3, 0.4) is 0 Å². The fraction of sp³-hybridized carbons (Fsp3) is 0.333. The second-order valence-electron chi connectivity index (χ2n) is 3.80. The third-order valence-corrected chi connectivity index (χ3v) is 2.23. The van der Waals surface area contributed by atoms with Gasteiger partial charge >= 0.3 is 6.01 Å². The van der Waals surface area contributed by atoms with Crippen LogP contribution < -0.4 is 15.0 Å². The van der Waals surface area contributed by atoms with E-state index >= 15 is 0 Å². The molecule has 0 saturated heterocycles. The Kier molecular flexibility index (Phi) is 3.74. The molecule has 0 saturated carbocycles. The van der Waals surface area contributed by atoms with Crippen LogP contribution in [0.15, 0.2) is 23.0 Å². The van der Waals surface area contributed by atoms with Crippen molar-refractivity contribution in [2.24, 2.45) is 7.05 Å². The van der Waals surface area contributed by atoms with Crippen LogP contribution in [0.5, 0.6) is 17.8 Å². The predicted octanol–water partition coefficient (Wildman–Crippen LogP) is 1.07. The van der Waals surface area contributed by atoms with Crippen molar-refractivity contribution in [1.82, 2.24) is 19.7 Å². The highest BCUT2D eigenvalue weighted by Crippen LogP contribution is 2.18. The molecule has 0 aromatic carbocycles. The van der Waals surface area contributed by atoms with Gasteiger partial charge in [-0.15, -0.1) is 5.10 Å². The van der Waals surface area contributed by atoms with Crippen LogP contribution in [0.1, 0.15) is 12.6 Å². The van der Waals surface area contributed by atoms with E-state index in [4.69, 9.17) is 9.47 Å². The summed E-state index contributed by atoms with van der Waals surface area (Å²) in [5, 5.41) is 3.95. The summed E-state index contributed by atoms with van der Waals surface area (Å²) in [5.41, 5.74) is 0.513. The van der Waals surface area contributed by atoms with Crippen molar-refractivity contribution in [3.8, 4) is 17.8 Å². The Labute approximate surface area is 109 Å². The lowest BCUT2D eigenvalue weighted by Crippen LogP contribution is -2.18. The molecule has 0 radical (unpaired) electrons. The lowest BCUT2D eigenvalue weighted by molar-refractivity contribution is 0.304. The van der Waals surface area contributed by atoms with Crippen molar-refractivity contribution in [3.63, 3.8) is 0 Å². The molecule has 0 aliphatic carbocycles. The molecule has 0 aliphatic heterocycles. The van der Waals surface area contributed by atoms with Gasteiger partial charge in [-0.3, -0.25) is 4.79 Å². The van der Waals surface area contributed by atoms with Crippen molar-refractivity contribution in [2.45, 2.75) is 13.8 Å². The van der Waals surface area contributed by atoms with Crippen molar-refractivity contribution < 1.29 is 9.47 Å². The standard InChI is InChI=1S/C12H14N4O3/c1-4-18-12-13-8(2)7-10(14-12)19-9-5-6-11(17)16(3)15-9/h5-7H,4H2,1-3H3. The fourth-order valence-electron chi connectivity index (χ4n) is 1.40. The zero-order valence-corrected chi connectivity index (χ0v) is 11.0. The van der Waals surface area contributed by atoms with Crippen molar-refractivity contribution in [1.29, 1.82) is 0 Å². The number of ether oxygens (including phenoxy) is 2. The summed E-state index contributed by atoms with van der Waals surface area (Å²) in [7, 11) is 1.55. The number of hydrogen-bond acceptors (Lipinski definition) is 6. The highest BCUT2D eigenvalue weighted by atomic mass is 16.5. The molecule has 0 N–H and O–H groups in total. The Morgan fingerprint density at radius 2 is 2.05 bits per heavy atom. The maximum absolute atomic E-state index is 11.2. The minimum Gasteiger partial charge on any atom is -0.464 e. The van der Waals surface area contributed by atoms with Gasteiger partial charge in [0.2, 0.25) is 11.8 Å². The minimum atomic E-state index is -0.207. The fourth-order valence-corrected chi connectivity index (χ4v) is 1.40. The molecule has 2 aromatic rings. The van der Waals surface area contributed by atoms with Gasteiger partial charge in [0.1, 0.15) is 0 Å². The average Bonchev–Trinajstić information content (AvgIpc) is 2.33. The molecule has 7 nitrogen and oxygen atoms in total. The monoisotopic (exact) mass is 262 g/mol. The molecule has 0 unspecified atom stereocenters. The lowest BCUT2D eigenvalue weighted by atomic mass is 10.4. The molecular formula is C12H14N4O3. The van der Waals surface area contributed by atoms with Crippen LogP contribution in [0.25, 0.3) is 0 Å². The zero-order chi connectivity index (χ0) is 13.8. The summed E-state index contributed by atoms with van der Waals surface area (Å²) >= 11 is 0. The Balaban J connectivity index is 2.27. The Morgan fingerprint density at radius 3 is 2.74 bits per heavy atom. The molecule has 19 heavy (non-hydrogen) atoms. The van der Waals surface area contributed by atoms with Gasteiger partial charge in [-0.25, -0.2) is 9.67 Å². The highest BCUT2D eigenvalue weighted by Gasteiger charge is 2.06. The summed E-state index contributed by atoms with van der Waals surface area (Å²) in [6.45, 7) is 4.13. The molecule has 7 heteroatoms. The van der Waals surface area contributed by atoms with Crippen LogP contribution in [0.4, 0.5) is 0 Å². The Morgan fingerprint density at radius 1 is 1.26 bits per heavy atom. The van der Waals surface area contributed by atoms with Crippen molar-refractivity contribution in [3.05, 3.63) is 34.2 Å². The summed E-state index contributed by atoms with van der Waals surface area (Å²) in [6.07, 6.45) is 0. The topological polar surface area (TPSA) is 79.1 Å². The molecule has 0 bridgehead atoms. The number of nitrogens with zero attached hydrogens (tertiary/aromatic N) is 4. The van der Waals surface area contributed by atoms with Crippen LogP contribution in [-0.2, 0) is 7.05 Å². The molecule has 0 aliphatic rings. The molecular weight excluding hydrogens is 248 g/mol. The normalized spacial score (nSPS) is 10.3. The number of rotatable bonds is 4. The van der Waals surface area contributed by atoms with Crippen molar-refractivity contribution >= 4 is 0 Å². The average molecular weight is 262 g/mol. The summed E-state index contributed by atoms with van der Waals surface area (Å²) in [5.74, 6) is 0.602. The van der Waals surface area contributed by atoms with Crippen LogP contribution in [0.2, 0.25) is 0 Å². The molecule has 2 rings (SSSR count). The van der Waals surface area contributed by atoms with E-state index in [1.807, 2.05) is 13.8 Å². The second kappa shape index (κ2) is 5.47. The molecule has 0 atom stereocenters. The first-order valence-corrected chi connectivity index (χ1v) is 5.79. The van der Waals surface area contributed by atoms with E-state index in [2.05, 4.69) is 15.1 Å². The molecule has 2 aromatic heterocycles. The van der Waals surface area contributed by atoms with Crippen LogP contribution >= 0.6 is 0 Å². The summed E-state index contributed by atoms with van der Waals surface area (Å²) in [4.78, 5) is 19.4. The third kappa shape index (κ3) is 3.27. The Bertz CT molecular complexity index is 639. The zero-order valence-electron chi connectivity index (χ0n) is 11.0. The molecule has 0 fully saturated rings. The van der Waals surface area contributed by atoms with E-state index in [9.17, 15) is 4.79 Å². The van der Waals surface area contributed by atoms with Crippen LogP contribution in [-0.4, -0.2) is 26.4 Å². The first kappa shape index (κ1) is 13.0. The minimum absolute atomic E-state index is 0.207. The van der Waals surface area contributed by atoms with Gasteiger partial charge in [-0.1, -0.05) is 0 Å². The first-order valence-electron chi connectivity index (χ1n) is 5.79. The molecule has 2 heterocycles. The maximum atomic E-state index is 11.2. The van der Waals surface area contributed by atoms with E-state index in [1.165, 1.54) is 16.8 Å². The van der Waals surface area contributed by atoms with Crippen LogP contribution in [0, 0.1) is 6.92 Å².